The largest absolute Gasteiger partial charge is 0.497 e. The lowest BCUT2D eigenvalue weighted by molar-refractivity contribution is -0.145. The number of methoxy groups -OCH3 is 1. The van der Waals surface area contributed by atoms with Crippen LogP contribution in [0.5, 0.6) is 5.75 Å². The molecule has 5 nitrogen and oxygen atoms in total. The van der Waals surface area contributed by atoms with Gasteiger partial charge in [-0.05, 0) is 49.6 Å². The highest BCUT2D eigenvalue weighted by atomic mass is 16.5. The van der Waals surface area contributed by atoms with Crippen molar-refractivity contribution in [3.8, 4) is 5.75 Å². The zero-order chi connectivity index (χ0) is 15.5. The average molecular weight is 292 g/mol. The van der Waals surface area contributed by atoms with Crippen LogP contribution in [0.25, 0.3) is 0 Å². The van der Waals surface area contributed by atoms with Crippen molar-refractivity contribution < 1.29 is 14.6 Å². The zero-order valence-corrected chi connectivity index (χ0v) is 12.9. The predicted octanol–water partition coefficient (Wildman–Crippen LogP) is 1.97. The van der Waals surface area contributed by atoms with Crippen molar-refractivity contribution in [1.29, 1.82) is 0 Å². The Morgan fingerprint density at radius 3 is 2.48 bits per heavy atom. The number of carboxylic acids is 1. The van der Waals surface area contributed by atoms with Crippen molar-refractivity contribution in [3.63, 3.8) is 0 Å². The summed E-state index contributed by atoms with van der Waals surface area (Å²) in [6.07, 6.45) is 1.96. The molecular weight excluding hydrogens is 268 g/mol. The van der Waals surface area contributed by atoms with Gasteiger partial charge in [0.1, 0.15) is 11.3 Å². The second-order valence-corrected chi connectivity index (χ2v) is 5.64. The number of rotatable bonds is 8. The number of likely N-dealkylation sites (N-methyl/N-ethyl adjacent to an activating group) is 2. The number of nitrogens with one attached hydrogen (secondary N) is 1. The van der Waals surface area contributed by atoms with Gasteiger partial charge >= 0.3 is 5.97 Å². The molecule has 116 valence electrons. The third-order valence-corrected chi connectivity index (χ3v) is 4.15. The molecule has 0 aromatic heterocycles. The number of carboxylic acid groups (broad SMARTS) is 1. The maximum Gasteiger partial charge on any atom is 0.326 e. The fraction of sp³-hybridized carbons (Fsp3) is 0.562. The first-order chi connectivity index (χ1) is 10.0. The Hall–Kier alpha value is -1.75. The fourth-order valence-corrected chi connectivity index (χ4v) is 2.84. The minimum absolute atomic E-state index is 0.218. The highest BCUT2D eigenvalue weighted by molar-refractivity contribution is 5.81. The molecule has 0 aliphatic heterocycles. The molecule has 1 saturated carbocycles. The third kappa shape index (κ3) is 3.29. The number of hydrogen-bond acceptors (Lipinski definition) is 4. The Labute approximate surface area is 125 Å². The summed E-state index contributed by atoms with van der Waals surface area (Å²) in [7, 11) is 3.56. The second-order valence-electron chi connectivity index (χ2n) is 5.64. The first-order valence-electron chi connectivity index (χ1n) is 7.37. The van der Waals surface area contributed by atoms with E-state index in [1.165, 1.54) is 0 Å². The van der Waals surface area contributed by atoms with Crippen molar-refractivity contribution in [1.82, 2.24) is 5.32 Å². The van der Waals surface area contributed by atoms with Crippen LogP contribution in [-0.2, 0) is 4.79 Å². The zero-order valence-electron chi connectivity index (χ0n) is 12.9. The molecule has 0 heterocycles. The molecule has 0 spiro atoms. The lowest BCUT2D eigenvalue weighted by Gasteiger charge is -2.35. The van der Waals surface area contributed by atoms with Crippen LogP contribution in [0.1, 0.15) is 19.8 Å². The second kappa shape index (κ2) is 6.35. The molecule has 1 aliphatic carbocycles. The number of carbonyl (C=O) groups is 1. The highest BCUT2D eigenvalue weighted by Crippen LogP contribution is 2.40. The minimum Gasteiger partial charge on any atom is -0.497 e. The first kappa shape index (κ1) is 15.6. The van der Waals surface area contributed by atoms with Gasteiger partial charge in [-0.2, -0.15) is 0 Å². The van der Waals surface area contributed by atoms with E-state index in [1.807, 2.05) is 43.1 Å². The van der Waals surface area contributed by atoms with Gasteiger partial charge in [0.15, 0.2) is 0 Å². The van der Waals surface area contributed by atoms with Crippen molar-refractivity contribution in [2.24, 2.45) is 5.92 Å². The van der Waals surface area contributed by atoms with Gasteiger partial charge in [0, 0.05) is 19.3 Å². The van der Waals surface area contributed by atoms with Gasteiger partial charge in [-0.3, -0.25) is 4.79 Å². The van der Waals surface area contributed by atoms with Crippen LogP contribution in [0.2, 0.25) is 0 Å². The number of benzene rings is 1. The summed E-state index contributed by atoms with van der Waals surface area (Å²) in [5.74, 6) is 0.258. The Morgan fingerprint density at radius 2 is 2.05 bits per heavy atom. The van der Waals surface area contributed by atoms with Crippen LogP contribution in [0.3, 0.4) is 0 Å². The van der Waals surface area contributed by atoms with Crippen molar-refractivity contribution in [2.45, 2.75) is 25.3 Å². The molecular formula is C16H24N2O3. The number of hydrogen-bond donors (Lipinski definition) is 2. The molecule has 1 unspecified atom stereocenters. The molecule has 1 aromatic carbocycles. The van der Waals surface area contributed by atoms with Crippen molar-refractivity contribution >= 4 is 11.7 Å². The van der Waals surface area contributed by atoms with Gasteiger partial charge in [-0.25, -0.2) is 0 Å². The monoisotopic (exact) mass is 292 g/mol. The summed E-state index contributed by atoms with van der Waals surface area (Å²) >= 11 is 0. The van der Waals surface area contributed by atoms with E-state index in [4.69, 9.17) is 4.74 Å². The SMILES string of the molecule is CCNC(CN(C)c1ccc(OC)cc1)(C(=O)O)C1CC1. The summed E-state index contributed by atoms with van der Waals surface area (Å²) in [4.78, 5) is 13.8. The molecule has 1 fully saturated rings. The maximum absolute atomic E-state index is 11.9. The van der Waals surface area contributed by atoms with E-state index in [9.17, 15) is 9.90 Å². The minimum atomic E-state index is -0.858. The summed E-state index contributed by atoms with van der Waals surface area (Å²) in [5.41, 5.74) is 0.128. The lowest BCUT2D eigenvalue weighted by Crippen LogP contribution is -2.60. The predicted molar refractivity (Wildman–Crippen MR) is 83.0 cm³/mol. The molecule has 2 rings (SSSR count). The van der Waals surface area contributed by atoms with Gasteiger partial charge < -0.3 is 20.1 Å². The molecule has 21 heavy (non-hydrogen) atoms. The number of nitrogens with zero attached hydrogens (tertiary/aromatic N) is 1. The summed E-state index contributed by atoms with van der Waals surface area (Å²) in [6.45, 7) is 3.06. The molecule has 0 bridgehead atoms. The van der Waals surface area contributed by atoms with Crippen molar-refractivity contribution in [3.05, 3.63) is 24.3 Å². The molecule has 1 aliphatic rings. The lowest BCUT2D eigenvalue weighted by atomic mass is 9.92. The van der Waals surface area contributed by atoms with Crippen LogP contribution >= 0.6 is 0 Å². The van der Waals surface area contributed by atoms with Crippen LogP contribution < -0.4 is 15.0 Å². The molecule has 5 heteroatoms. The molecule has 2 N–H and O–H groups in total. The van der Waals surface area contributed by atoms with Crippen LogP contribution in [-0.4, -0.2) is 43.9 Å². The average Bonchev–Trinajstić information content (AvgIpc) is 3.31. The topological polar surface area (TPSA) is 61.8 Å². The van der Waals surface area contributed by atoms with E-state index in [2.05, 4.69) is 5.32 Å². The maximum atomic E-state index is 11.9. The molecule has 1 aromatic rings. The number of aliphatic carboxylic acids is 1. The molecule has 1 atom stereocenters. The Morgan fingerprint density at radius 1 is 1.43 bits per heavy atom. The van der Waals surface area contributed by atoms with Crippen LogP contribution in [0, 0.1) is 5.92 Å². The number of ether oxygens (including phenoxy) is 1. The first-order valence-corrected chi connectivity index (χ1v) is 7.37. The molecule has 0 radical (unpaired) electrons. The van der Waals surface area contributed by atoms with Gasteiger partial charge in [-0.1, -0.05) is 6.92 Å². The Bertz CT molecular complexity index is 485. The number of anilines is 1. The summed E-state index contributed by atoms with van der Waals surface area (Å²) in [6, 6.07) is 7.67. The van der Waals surface area contributed by atoms with E-state index in [1.54, 1.807) is 7.11 Å². The summed E-state index contributed by atoms with van der Waals surface area (Å²) in [5, 5.41) is 12.9. The van der Waals surface area contributed by atoms with Crippen LogP contribution in [0.15, 0.2) is 24.3 Å². The highest BCUT2D eigenvalue weighted by Gasteiger charge is 2.51. The summed E-state index contributed by atoms with van der Waals surface area (Å²) < 4.78 is 5.15. The van der Waals surface area contributed by atoms with Gasteiger partial charge in [0.05, 0.1) is 7.11 Å². The van der Waals surface area contributed by atoms with Crippen molar-refractivity contribution in [2.75, 3.05) is 32.1 Å². The van der Waals surface area contributed by atoms with Crippen LogP contribution in [0.4, 0.5) is 5.69 Å². The standard InChI is InChI=1S/C16H24N2O3/c1-4-17-16(15(19)20,12-5-6-12)11-18(2)13-7-9-14(21-3)10-8-13/h7-10,12,17H,4-6,11H2,1-3H3,(H,19,20). The van der Waals surface area contributed by atoms with E-state index in [-0.39, 0.29) is 5.92 Å². The molecule has 0 saturated heterocycles. The quantitative estimate of drug-likeness (QED) is 0.767. The van der Waals surface area contributed by atoms with Gasteiger partial charge in [0.2, 0.25) is 0 Å². The Balaban J connectivity index is 2.16. The van der Waals surface area contributed by atoms with E-state index in [0.29, 0.717) is 13.1 Å². The normalized spacial score (nSPS) is 17.1. The third-order valence-electron chi connectivity index (χ3n) is 4.15. The smallest absolute Gasteiger partial charge is 0.326 e. The van der Waals surface area contributed by atoms with Gasteiger partial charge in [0.25, 0.3) is 0 Å². The molecule has 0 amide bonds. The van der Waals surface area contributed by atoms with E-state index in [0.717, 1.165) is 24.3 Å². The van der Waals surface area contributed by atoms with E-state index >= 15 is 0 Å². The van der Waals surface area contributed by atoms with Gasteiger partial charge in [-0.15, -0.1) is 0 Å². The fourth-order valence-electron chi connectivity index (χ4n) is 2.84. The van der Waals surface area contributed by atoms with E-state index < -0.39 is 11.5 Å². The Kier molecular flexibility index (Phi) is 4.73.